The normalized spacial score (nSPS) is 15.5. The van der Waals surface area contributed by atoms with Gasteiger partial charge in [-0.15, -0.1) is 0 Å². The maximum atomic E-state index is 12.6. The minimum Gasteiger partial charge on any atom is -0.359 e. The number of nitrogens with one attached hydrogen (secondary N) is 2. The average Bonchev–Trinajstić information content (AvgIpc) is 3.48. The summed E-state index contributed by atoms with van der Waals surface area (Å²) in [4.78, 5) is 4.58. The summed E-state index contributed by atoms with van der Waals surface area (Å²) in [5.41, 5.74) is 1.97. The summed E-state index contributed by atoms with van der Waals surface area (Å²) >= 11 is 0. The average molecular weight is 448 g/mol. The largest absolute Gasteiger partial charge is 0.359 e. The van der Waals surface area contributed by atoms with E-state index >= 15 is 0 Å². The molecule has 1 aliphatic rings. The molecule has 0 spiro atoms. The van der Waals surface area contributed by atoms with Gasteiger partial charge in [0.2, 0.25) is 10.0 Å². The fourth-order valence-electron chi connectivity index (χ4n) is 3.75. The van der Waals surface area contributed by atoms with Crippen LogP contribution in [0.5, 0.6) is 0 Å². The van der Waals surface area contributed by atoms with E-state index in [0.29, 0.717) is 43.0 Å². The molecule has 0 bridgehead atoms. The molecule has 170 valence electrons. The predicted molar refractivity (Wildman–Crippen MR) is 121 cm³/mol. The van der Waals surface area contributed by atoms with Crippen molar-refractivity contribution in [1.29, 1.82) is 0 Å². The number of hydrogen-bond acceptors (Lipinski definition) is 5. The maximum absolute atomic E-state index is 12.6. The smallest absolute Gasteiger partial charge is 0.243 e. The SMILES string of the molecule is CCC(CC)c1cc(CNC(=NC)NCc2ccc(S(=O)(=O)N3CCCC3)cc2)on1. The summed E-state index contributed by atoms with van der Waals surface area (Å²) < 4.78 is 32.3. The van der Waals surface area contributed by atoms with Gasteiger partial charge in [0.25, 0.3) is 0 Å². The fourth-order valence-corrected chi connectivity index (χ4v) is 5.26. The molecule has 1 saturated heterocycles. The van der Waals surface area contributed by atoms with Crippen LogP contribution in [0.3, 0.4) is 0 Å². The van der Waals surface area contributed by atoms with Crippen molar-refractivity contribution in [3.05, 3.63) is 47.3 Å². The van der Waals surface area contributed by atoms with Crippen molar-refractivity contribution in [2.45, 2.75) is 63.4 Å². The first-order valence-electron chi connectivity index (χ1n) is 11.0. The van der Waals surface area contributed by atoms with Crippen LogP contribution in [0.4, 0.5) is 0 Å². The summed E-state index contributed by atoms with van der Waals surface area (Å²) in [5, 5.41) is 10.6. The third-order valence-electron chi connectivity index (χ3n) is 5.72. The molecule has 0 amide bonds. The highest BCUT2D eigenvalue weighted by Gasteiger charge is 2.26. The van der Waals surface area contributed by atoms with E-state index in [0.717, 1.165) is 42.7 Å². The van der Waals surface area contributed by atoms with Gasteiger partial charge >= 0.3 is 0 Å². The van der Waals surface area contributed by atoms with Crippen LogP contribution < -0.4 is 10.6 Å². The zero-order valence-electron chi connectivity index (χ0n) is 18.6. The molecular weight excluding hydrogens is 414 g/mol. The molecular formula is C22H33N5O3S. The topological polar surface area (TPSA) is 99.8 Å². The lowest BCUT2D eigenvalue weighted by Crippen LogP contribution is -2.36. The molecule has 0 saturated carbocycles. The number of rotatable bonds is 9. The molecule has 3 rings (SSSR count). The van der Waals surface area contributed by atoms with Crippen LogP contribution in [0.2, 0.25) is 0 Å². The number of aliphatic imine (C=N–C) groups is 1. The van der Waals surface area contributed by atoms with Gasteiger partial charge in [-0.25, -0.2) is 8.42 Å². The van der Waals surface area contributed by atoms with Crippen molar-refractivity contribution in [2.24, 2.45) is 4.99 Å². The molecule has 31 heavy (non-hydrogen) atoms. The monoisotopic (exact) mass is 447 g/mol. The third-order valence-corrected chi connectivity index (χ3v) is 7.63. The molecule has 2 N–H and O–H groups in total. The summed E-state index contributed by atoms with van der Waals surface area (Å²) in [6.45, 7) is 6.54. The Morgan fingerprint density at radius 3 is 2.39 bits per heavy atom. The van der Waals surface area contributed by atoms with Crippen molar-refractivity contribution in [3.8, 4) is 0 Å². The summed E-state index contributed by atoms with van der Waals surface area (Å²) in [6, 6.07) is 9.02. The highest BCUT2D eigenvalue weighted by atomic mass is 32.2. The Bertz CT molecular complexity index is 959. The van der Waals surface area contributed by atoms with Gasteiger partial charge in [-0.2, -0.15) is 4.31 Å². The van der Waals surface area contributed by atoms with Gasteiger partial charge in [0, 0.05) is 38.7 Å². The van der Waals surface area contributed by atoms with Crippen LogP contribution in [0.25, 0.3) is 0 Å². The lowest BCUT2D eigenvalue weighted by Gasteiger charge is -2.16. The molecule has 0 radical (unpaired) electrons. The van der Waals surface area contributed by atoms with Gasteiger partial charge in [-0.05, 0) is 43.4 Å². The Morgan fingerprint density at radius 2 is 1.77 bits per heavy atom. The number of sulfonamides is 1. The number of benzene rings is 1. The molecule has 1 aliphatic heterocycles. The fraction of sp³-hybridized carbons (Fsp3) is 0.545. The van der Waals surface area contributed by atoms with Crippen LogP contribution >= 0.6 is 0 Å². The second-order valence-corrected chi connectivity index (χ2v) is 9.70. The zero-order chi connectivity index (χ0) is 22.3. The number of aromatic nitrogens is 1. The van der Waals surface area contributed by atoms with Gasteiger partial charge in [0.05, 0.1) is 17.1 Å². The van der Waals surface area contributed by atoms with E-state index in [1.54, 1.807) is 23.5 Å². The highest BCUT2D eigenvalue weighted by molar-refractivity contribution is 7.89. The Hall–Kier alpha value is -2.39. The van der Waals surface area contributed by atoms with Crippen LogP contribution in [0, 0.1) is 0 Å². The number of guanidine groups is 1. The molecule has 1 aromatic heterocycles. The third kappa shape index (κ3) is 5.86. The Kier molecular flexibility index (Phi) is 8.09. The molecule has 2 aromatic rings. The Labute approximate surface area is 185 Å². The van der Waals surface area contributed by atoms with Crippen molar-refractivity contribution < 1.29 is 12.9 Å². The molecule has 0 unspecified atom stereocenters. The standard InChI is InChI=1S/C22H33N5O3S/c1-4-18(5-2)21-14-19(30-26-21)16-25-22(23-3)24-15-17-8-10-20(11-9-17)31(28,29)27-12-6-7-13-27/h8-11,14,18H,4-7,12-13,15-16H2,1-3H3,(H2,23,24,25). The quantitative estimate of drug-likeness (QED) is 0.452. The van der Waals surface area contributed by atoms with E-state index < -0.39 is 10.0 Å². The molecule has 0 aliphatic carbocycles. The summed E-state index contributed by atoms with van der Waals surface area (Å²) in [7, 11) is -1.67. The van der Waals surface area contributed by atoms with Gasteiger partial charge in [-0.3, -0.25) is 4.99 Å². The second kappa shape index (κ2) is 10.8. The maximum Gasteiger partial charge on any atom is 0.243 e. The highest BCUT2D eigenvalue weighted by Crippen LogP contribution is 2.22. The van der Waals surface area contributed by atoms with Crippen molar-refractivity contribution in [3.63, 3.8) is 0 Å². The van der Waals surface area contributed by atoms with E-state index in [1.807, 2.05) is 18.2 Å². The van der Waals surface area contributed by atoms with Gasteiger partial charge in [0.1, 0.15) is 0 Å². The summed E-state index contributed by atoms with van der Waals surface area (Å²) in [5.74, 6) is 1.82. The molecule has 0 atom stereocenters. The lowest BCUT2D eigenvalue weighted by atomic mass is 9.99. The van der Waals surface area contributed by atoms with Crippen LogP contribution in [-0.2, 0) is 23.1 Å². The van der Waals surface area contributed by atoms with Crippen LogP contribution in [-0.4, -0.2) is 44.0 Å². The first-order chi connectivity index (χ1) is 15.0. The van der Waals surface area contributed by atoms with E-state index in [4.69, 9.17) is 4.52 Å². The summed E-state index contributed by atoms with van der Waals surface area (Å²) in [6.07, 6.45) is 3.94. The van der Waals surface area contributed by atoms with Gasteiger partial charge < -0.3 is 15.2 Å². The first kappa shape index (κ1) is 23.3. The van der Waals surface area contributed by atoms with Gasteiger partial charge in [-0.1, -0.05) is 31.1 Å². The van der Waals surface area contributed by atoms with Crippen molar-refractivity contribution in [2.75, 3.05) is 20.1 Å². The van der Waals surface area contributed by atoms with E-state index in [9.17, 15) is 8.42 Å². The first-order valence-corrected chi connectivity index (χ1v) is 12.4. The minimum atomic E-state index is -3.38. The second-order valence-electron chi connectivity index (χ2n) is 7.77. The van der Waals surface area contributed by atoms with Crippen molar-refractivity contribution >= 4 is 16.0 Å². The van der Waals surface area contributed by atoms with E-state index in [2.05, 4.69) is 34.6 Å². The molecule has 2 heterocycles. The minimum absolute atomic E-state index is 0.347. The van der Waals surface area contributed by atoms with Gasteiger partial charge in [0.15, 0.2) is 11.7 Å². The Morgan fingerprint density at radius 1 is 1.13 bits per heavy atom. The lowest BCUT2D eigenvalue weighted by molar-refractivity contribution is 0.368. The molecule has 1 fully saturated rings. The van der Waals surface area contributed by atoms with Crippen molar-refractivity contribution in [1.82, 2.24) is 20.1 Å². The van der Waals surface area contributed by atoms with E-state index in [1.165, 1.54) is 0 Å². The predicted octanol–water partition coefficient (Wildman–Crippen LogP) is 3.23. The Balaban J connectivity index is 1.51. The molecule has 9 heteroatoms. The van der Waals surface area contributed by atoms with Crippen LogP contribution in [0.15, 0.2) is 44.7 Å². The molecule has 8 nitrogen and oxygen atoms in total. The molecule has 1 aromatic carbocycles. The van der Waals surface area contributed by atoms with Crippen LogP contribution in [0.1, 0.15) is 62.5 Å². The number of nitrogens with zero attached hydrogens (tertiary/aromatic N) is 3. The number of hydrogen-bond donors (Lipinski definition) is 2. The zero-order valence-corrected chi connectivity index (χ0v) is 19.4. The van der Waals surface area contributed by atoms with E-state index in [-0.39, 0.29) is 0 Å².